The third-order valence-electron chi connectivity index (χ3n) is 5.83. The molecule has 0 aliphatic carbocycles. The number of likely N-dealkylation sites (tertiary alicyclic amines) is 1. The lowest BCUT2D eigenvalue weighted by Crippen LogP contribution is -2.49. The number of aryl methyl sites for hydroxylation is 4. The lowest BCUT2D eigenvalue weighted by molar-refractivity contribution is -0.134. The first-order valence-electron chi connectivity index (χ1n) is 10.5. The molecule has 1 saturated heterocycles. The lowest BCUT2D eigenvalue weighted by Gasteiger charge is -2.33. The van der Waals surface area contributed by atoms with Crippen LogP contribution in [0.3, 0.4) is 0 Å². The first-order chi connectivity index (χ1) is 14.2. The van der Waals surface area contributed by atoms with Crippen LogP contribution in [0.25, 0.3) is 0 Å². The zero-order valence-electron chi connectivity index (χ0n) is 18.1. The Morgan fingerprint density at radius 1 is 1.20 bits per heavy atom. The van der Waals surface area contributed by atoms with Crippen LogP contribution >= 0.6 is 0 Å². The van der Waals surface area contributed by atoms with Crippen molar-refractivity contribution < 1.29 is 17.7 Å². The van der Waals surface area contributed by atoms with Gasteiger partial charge in [0, 0.05) is 13.1 Å². The maximum absolute atomic E-state index is 12.8. The molecule has 1 N–H and O–H groups in total. The first-order valence-corrected chi connectivity index (χ1v) is 11.9. The molecule has 0 saturated carbocycles. The Morgan fingerprint density at radius 3 is 2.40 bits per heavy atom. The topological polar surface area (TPSA) is 92.5 Å². The minimum absolute atomic E-state index is 0.0111. The molecule has 2 aromatic rings. The summed E-state index contributed by atoms with van der Waals surface area (Å²) in [6, 6.07) is 7.80. The fourth-order valence-corrected chi connectivity index (χ4v) is 5.57. The Kier molecular flexibility index (Phi) is 6.98. The quantitative estimate of drug-likeness (QED) is 0.724. The number of aromatic nitrogens is 1. The average molecular weight is 434 g/mol. The number of carbonyl (C=O) groups excluding carboxylic acids is 1. The highest BCUT2D eigenvalue weighted by molar-refractivity contribution is 7.89. The second-order valence-electron chi connectivity index (χ2n) is 8.29. The summed E-state index contributed by atoms with van der Waals surface area (Å²) in [6.07, 6.45) is 4.05. The van der Waals surface area contributed by atoms with Gasteiger partial charge in [-0.3, -0.25) is 4.79 Å². The van der Waals surface area contributed by atoms with Gasteiger partial charge in [0.05, 0.1) is 6.04 Å². The predicted molar refractivity (Wildman–Crippen MR) is 115 cm³/mol. The third-order valence-corrected chi connectivity index (χ3v) is 7.61. The van der Waals surface area contributed by atoms with Gasteiger partial charge in [-0.2, -0.15) is 4.72 Å². The minimum Gasteiger partial charge on any atom is -0.360 e. The Hall–Kier alpha value is -2.19. The van der Waals surface area contributed by atoms with E-state index in [1.54, 1.807) is 25.7 Å². The van der Waals surface area contributed by atoms with Gasteiger partial charge >= 0.3 is 0 Å². The number of benzene rings is 1. The van der Waals surface area contributed by atoms with Crippen LogP contribution < -0.4 is 4.72 Å². The molecule has 2 heterocycles. The van der Waals surface area contributed by atoms with E-state index in [1.807, 2.05) is 0 Å². The molecule has 1 aromatic heterocycles. The fourth-order valence-electron chi connectivity index (χ4n) is 4.04. The number of nitrogens with zero attached hydrogens (tertiary/aromatic N) is 2. The number of nitrogens with one attached hydrogen (secondary N) is 1. The van der Waals surface area contributed by atoms with Crippen molar-refractivity contribution in [3.05, 3.63) is 46.8 Å². The summed E-state index contributed by atoms with van der Waals surface area (Å²) < 4.78 is 32.7. The predicted octanol–water partition coefficient (Wildman–Crippen LogP) is 3.14. The molecule has 1 unspecified atom stereocenters. The van der Waals surface area contributed by atoms with Crippen molar-refractivity contribution in [3.63, 3.8) is 0 Å². The van der Waals surface area contributed by atoms with Gasteiger partial charge in [-0.25, -0.2) is 8.42 Å². The Bertz CT molecular complexity index is 955. The van der Waals surface area contributed by atoms with Crippen molar-refractivity contribution in [2.45, 2.75) is 64.3 Å². The van der Waals surface area contributed by atoms with E-state index in [9.17, 15) is 13.2 Å². The monoisotopic (exact) mass is 433 g/mol. The molecule has 8 heteroatoms. The van der Waals surface area contributed by atoms with Crippen LogP contribution in [0.1, 0.15) is 48.8 Å². The normalized spacial score (nSPS) is 16.6. The van der Waals surface area contributed by atoms with Crippen molar-refractivity contribution in [1.29, 1.82) is 0 Å². The lowest BCUT2D eigenvalue weighted by atomic mass is 9.90. The van der Waals surface area contributed by atoms with E-state index >= 15 is 0 Å². The van der Waals surface area contributed by atoms with Crippen molar-refractivity contribution in [2.24, 2.45) is 5.92 Å². The highest BCUT2D eigenvalue weighted by atomic mass is 32.2. The van der Waals surface area contributed by atoms with Crippen LogP contribution in [0.2, 0.25) is 0 Å². The van der Waals surface area contributed by atoms with E-state index in [0.717, 1.165) is 25.7 Å². The molecule has 30 heavy (non-hydrogen) atoms. The highest BCUT2D eigenvalue weighted by Crippen LogP contribution is 2.24. The zero-order chi connectivity index (χ0) is 21.9. The largest absolute Gasteiger partial charge is 0.360 e. The molecule has 0 bridgehead atoms. The number of hydrogen-bond donors (Lipinski definition) is 1. The molecule has 7 nitrogen and oxygen atoms in total. The van der Waals surface area contributed by atoms with Crippen LogP contribution in [0.5, 0.6) is 0 Å². The highest BCUT2D eigenvalue weighted by Gasteiger charge is 2.31. The van der Waals surface area contributed by atoms with E-state index in [4.69, 9.17) is 4.52 Å². The SMILES string of the molecule is Cc1ccc(CCC2CCN(C(=O)C(C)NS(=O)(=O)c3c(C)noc3C)CC2)cc1. The summed E-state index contributed by atoms with van der Waals surface area (Å²) in [4.78, 5) is 14.6. The molecule has 0 radical (unpaired) electrons. The van der Waals surface area contributed by atoms with Crippen LogP contribution in [0, 0.1) is 26.7 Å². The van der Waals surface area contributed by atoms with E-state index in [1.165, 1.54) is 11.1 Å². The van der Waals surface area contributed by atoms with Crippen LogP contribution in [0.15, 0.2) is 33.7 Å². The standard InChI is InChI=1S/C22H31N3O4S/c1-15-5-7-19(8-6-15)9-10-20-11-13-25(14-12-20)22(26)17(3)24-30(27,28)21-16(2)23-29-18(21)4/h5-8,17,20,24H,9-14H2,1-4H3. The van der Waals surface area contributed by atoms with Gasteiger partial charge in [0.2, 0.25) is 15.9 Å². The van der Waals surface area contributed by atoms with Gasteiger partial charge in [-0.05, 0) is 64.9 Å². The second kappa shape index (κ2) is 9.31. The number of piperidine rings is 1. The van der Waals surface area contributed by atoms with Gasteiger partial charge in [-0.15, -0.1) is 0 Å². The number of amides is 1. The van der Waals surface area contributed by atoms with Crippen molar-refractivity contribution in [1.82, 2.24) is 14.8 Å². The van der Waals surface area contributed by atoms with Crippen molar-refractivity contribution in [3.8, 4) is 0 Å². The van der Waals surface area contributed by atoms with Gasteiger partial charge in [0.25, 0.3) is 0 Å². The zero-order valence-corrected chi connectivity index (χ0v) is 19.0. The summed E-state index contributed by atoms with van der Waals surface area (Å²) in [5.74, 6) is 0.612. The van der Waals surface area contributed by atoms with Crippen molar-refractivity contribution in [2.75, 3.05) is 13.1 Å². The van der Waals surface area contributed by atoms with Crippen LogP contribution in [0.4, 0.5) is 0 Å². The molecule has 1 aliphatic heterocycles. The first kappa shape index (κ1) is 22.5. The van der Waals surface area contributed by atoms with Gasteiger partial charge in [0.15, 0.2) is 5.76 Å². The maximum Gasteiger partial charge on any atom is 0.246 e. The summed E-state index contributed by atoms with van der Waals surface area (Å²) in [6.45, 7) is 8.11. The fraction of sp³-hybridized carbons (Fsp3) is 0.545. The Morgan fingerprint density at radius 2 is 1.83 bits per heavy atom. The number of carbonyl (C=O) groups is 1. The molecule has 1 fully saturated rings. The molecule has 0 spiro atoms. The van der Waals surface area contributed by atoms with Gasteiger partial charge < -0.3 is 9.42 Å². The van der Waals surface area contributed by atoms with E-state index < -0.39 is 16.1 Å². The molecule has 1 aromatic carbocycles. The molecule has 1 amide bonds. The summed E-state index contributed by atoms with van der Waals surface area (Å²) in [5.41, 5.74) is 2.90. The molecule has 1 aliphatic rings. The Balaban J connectivity index is 1.50. The number of hydrogen-bond acceptors (Lipinski definition) is 5. The van der Waals surface area contributed by atoms with Crippen molar-refractivity contribution >= 4 is 15.9 Å². The van der Waals surface area contributed by atoms with E-state index in [-0.39, 0.29) is 22.3 Å². The van der Waals surface area contributed by atoms with Gasteiger partial charge in [0.1, 0.15) is 10.6 Å². The van der Waals surface area contributed by atoms with Gasteiger partial charge in [-0.1, -0.05) is 35.0 Å². The minimum atomic E-state index is -3.87. The van der Waals surface area contributed by atoms with Crippen LogP contribution in [-0.4, -0.2) is 43.5 Å². The molecule has 1 atom stereocenters. The number of sulfonamides is 1. The summed E-state index contributed by atoms with van der Waals surface area (Å²) in [7, 11) is -3.87. The van der Waals surface area contributed by atoms with Crippen LogP contribution in [-0.2, 0) is 21.2 Å². The average Bonchev–Trinajstić information content (AvgIpc) is 3.06. The molecular formula is C22H31N3O4S. The molecule has 164 valence electrons. The van der Waals surface area contributed by atoms with E-state index in [0.29, 0.717) is 19.0 Å². The smallest absolute Gasteiger partial charge is 0.246 e. The molecule has 3 rings (SSSR count). The van der Waals surface area contributed by atoms with E-state index in [2.05, 4.69) is 41.1 Å². The number of rotatable bonds is 7. The summed E-state index contributed by atoms with van der Waals surface area (Å²) in [5, 5.41) is 3.69. The summed E-state index contributed by atoms with van der Waals surface area (Å²) >= 11 is 0. The second-order valence-corrected chi connectivity index (χ2v) is 9.94. The third kappa shape index (κ3) is 5.29. The maximum atomic E-state index is 12.8. The molecular weight excluding hydrogens is 402 g/mol. The Labute approximate surface area is 178 Å².